The van der Waals surface area contributed by atoms with E-state index in [9.17, 15) is 12.8 Å². The maximum Gasteiger partial charge on any atom is 0.238 e. The Balaban J connectivity index is 1.91. The van der Waals surface area contributed by atoms with Gasteiger partial charge in [0.15, 0.2) is 23.2 Å². The molecule has 1 aliphatic carbocycles. The number of hydrogen-bond acceptors (Lipinski definition) is 5. The predicted molar refractivity (Wildman–Crippen MR) is 111 cm³/mol. The number of oxazole rings is 1. The van der Waals surface area contributed by atoms with Crippen LogP contribution in [0.15, 0.2) is 51.8 Å². The first-order valence-electron chi connectivity index (χ1n) is 9.85. The van der Waals surface area contributed by atoms with Gasteiger partial charge in [-0.05, 0) is 43.2 Å². The Morgan fingerprint density at radius 2 is 1.87 bits per heavy atom. The monoisotopic (exact) mass is 430 g/mol. The van der Waals surface area contributed by atoms with Crippen LogP contribution in [0.3, 0.4) is 0 Å². The molecule has 158 valence electrons. The summed E-state index contributed by atoms with van der Waals surface area (Å²) in [7, 11) is -2.60. The van der Waals surface area contributed by atoms with Gasteiger partial charge in [-0.1, -0.05) is 31.4 Å². The van der Waals surface area contributed by atoms with Gasteiger partial charge >= 0.3 is 0 Å². The van der Waals surface area contributed by atoms with Gasteiger partial charge in [-0.25, -0.2) is 22.9 Å². The van der Waals surface area contributed by atoms with Crippen molar-refractivity contribution in [2.24, 2.45) is 5.14 Å². The molecule has 6 nitrogen and oxygen atoms in total. The van der Waals surface area contributed by atoms with Crippen LogP contribution in [0.2, 0.25) is 0 Å². The van der Waals surface area contributed by atoms with Gasteiger partial charge in [-0.15, -0.1) is 0 Å². The van der Waals surface area contributed by atoms with Crippen molar-refractivity contribution < 1.29 is 22.0 Å². The molecule has 1 heterocycles. The Morgan fingerprint density at radius 1 is 1.13 bits per heavy atom. The fourth-order valence-electron chi connectivity index (χ4n) is 3.96. The highest BCUT2D eigenvalue weighted by molar-refractivity contribution is 7.89. The molecule has 2 N–H and O–H groups in total. The molecule has 3 aromatic rings. The Bertz CT molecular complexity index is 1170. The number of benzene rings is 2. The predicted octanol–water partition coefficient (Wildman–Crippen LogP) is 4.85. The summed E-state index contributed by atoms with van der Waals surface area (Å²) >= 11 is 0. The Labute approximate surface area is 174 Å². The Hall–Kier alpha value is -2.71. The van der Waals surface area contributed by atoms with Crippen molar-refractivity contribution in [1.82, 2.24) is 4.98 Å². The van der Waals surface area contributed by atoms with Crippen LogP contribution in [0.5, 0.6) is 5.75 Å². The number of nitrogens with two attached hydrogens (primary N) is 1. The van der Waals surface area contributed by atoms with Gasteiger partial charge in [0.05, 0.1) is 12.0 Å². The van der Waals surface area contributed by atoms with Crippen LogP contribution in [0.25, 0.3) is 22.6 Å². The zero-order chi connectivity index (χ0) is 21.3. The van der Waals surface area contributed by atoms with Crippen molar-refractivity contribution >= 4 is 10.0 Å². The maximum absolute atomic E-state index is 14.4. The molecule has 30 heavy (non-hydrogen) atoms. The van der Waals surface area contributed by atoms with Crippen molar-refractivity contribution in [2.45, 2.75) is 42.9 Å². The smallest absolute Gasteiger partial charge is 0.238 e. The van der Waals surface area contributed by atoms with Gasteiger partial charge in [0, 0.05) is 17.0 Å². The minimum atomic E-state index is -4.00. The van der Waals surface area contributed by atoms with E-state index in [-0.39, 0.29) is 22.3 Å². The van der Waals surface area contributed by atoms with Crippen LogP contribution in [0.4, 0.5) is 4.39 Å². The van der Waals surface area contributed by atoms with Crippen LogP contribution < -0.4 is 9.88 Å². The van der Waals surface area contributed by atoms with Crippen molar-refractivity contribution in [3.63, 3.8) is 0 Å². The van der Waals surface area contributed by atoms with Crippen molar-refractivity contribution in [1.29, 1.82) is 0 Å². The average Bonchev–Trinajstić information content (AvgIpc) is 3.19. The number of rotatable bonds is 5. The summed E-state index contributed by atoms with van der Waals surface area (Å²) in [5, 5.41) is 5.43. The van der Waals surface area contributed by atoms with Crippen LogP contribution in [-0.2, 0) is 10.0 Å². The highest BCUT2D eigenvalue weighted by atomic mass is 32.2. The number of hydrogen-bond donors (Lipinski definition) is 1. The fourth-order valence-corrected chi connectivity index (χ4v) is 4.69. The zero-order valence-electron chi connectivity index (χ0n) is 16.6. The average molecular weight is 431 g/mol. The number of primary sulfonamides is 1. The highest BCUT2D eigenvalue weighted by Gasteiger charge is 2.27. The van der Waals surface area contributed by atoms with E-state index >= 15 is 0 Å². The lowest BCUT2D eigenvalue weighted by molar-refractivity contribution is 0.367. The standard InChI is InChI=1S/C22H23FN2O4S/c1-28-18-12-11-15(13-17(18)23)20-21(16-9-5-6-10-19(16)30(24,26)27)29-22(25-20)14-7-3-2-4-8-14/h5-6,9-14H,2-4,7-8H2,1H3,(H2,24,26,27). The summed E-state index contributed by atoms with van der Waals surface area (Å²) in [6.45, 7) is 0. The second kappa shape index (κ2) is 8.20. The number of nitrogens with zero attached hydrogens (tertiary/aromatic N) is 1. The maximum atomic E-state index is 14.4. The molecule has 0 unspecified atom stereocenters. The zero-order valence-corrected chi connectivity index (χ0v) is 17.4. The van der Waals surface area contributed by atoms with E-state index in [4.69, 9.17) is 19.3 Å². The molecule has 0 spiro atoms. The number of sulfonamides is 1. The van der Waals surface area contributed by atoms with Crippen molar-refractivity contribution in [3.05, 3.63) is 54.2 Å². The highest BCUT2D eigenvalue weighted by Crippen LogP contribution is 2.41. The second-order valence-electron chi connectivity index (χ2n) is 7.46. The number of methoxy groups -OCH3 is 1. The van der Waals surface area contributed by atoms with Crippen LogP contribution in [0, 0.1) is 5.82 Å². The van der Waals surface area contributed by atoms with Gasteiger partial charge in [0.25, 0.3) is 0 Å². The summed E-state index contributed by atoms with van der Waals surface area (Å²) in [5.74, 6) is 0.532. The van der Waals surface area contributed by atoms with E-state index in [1.54, 1.807) is 24.3 Å². The van der Waals surface area contributed by atoms with Gasteiger partial charge in [0.2, 0.25) is 10.0 Å². The molecule has 1 aromatic heterocycles. The van der Waals surface area contributed by atoms with Gasteiger partial charge < -0.3 is 9.15 Å². The topological polar surface area (TPSA) is 95.4 Å². The molecule has 2 aromatic carbocycles. The summed E-state index contributed by atoms with van der Waals surface area (Å²) in [6, 6.07) is 10.8. The molecule has 0 aliphatic heterocycles. The fraction of sp³-hybridized carbons (Fsp3) is 0.318. The molecule has 1 saturated carbocycles. The molecule has 4 rings (SSSR count). The third kappa shape index (κ3) is 3.97. The SMILES string of the molecule is COc1ccc(-c2nc(C3CCCCC3)oc2-c2ccccc2S(N)(=O)=O)cc1F. The Morgan fingerprint density at radius 3 is 2.53 bits per heavy atom. The van der Waals surface area contributed by atoms with Gasteiger partial charge in [0.1, 0.15) is 5.69 Å². The van der Waals surface area contributed by atoms with E-state index in [0.717, 1.165) is 25.7 Å². The van der Waals surface area contributed by atoms with Crippen molar-refractivity contribution in [2.75, 3.05) is 7.11 Å². The molecule has 0 atom stereocenters. The first kappa shape index (κ1) is 20.6. The minimum absolute atomic E-state index is 0.0634. The number of halogens is 1. The molecule has 0 amide bonds. The van der Waals surface area contributed by atoms with Crippen molar-refractivity contribution in [3.8, 4) is 28.3 Å². The summed E-state index contributed by atoms with van der Waals surface area (Å²) in [4.78, 5) is 4.63. The molecule has 0 bridgehead atoms. The van der Waals surface area contributed by atoms with E-state index in [0.29, 0.717) is 22.7 Å². The lowest BCUT2D eigenvalue weighted by atomic mass is 9.89. The number of ether oxygens (including phenoxy) is 1. The summed E-state index contributed by atoms with van der Waals surface area (Å²) in [6.07, 6.45) is 5.25. The van der Waals surface area contributed by atoms with E-state index in [2.05, 4.69) is 0 Å². The molecular weight excluding hydrogens is 407 g/mol. The normalized spacial score (nSPS) is 15.3. The molecule has 8 heteroatoms. The summed E-state index contributed by atoms with van der Waals surface area (Å²) < 4.78 is 49.9. The van der Waals surface area contributed by atoms with E-state index < -0.39 is 15.8 Å². The number of aromatic nitrogens is 1. The first-order chi connectivity index (χ1) is 14.4. The lowest BCUT2D eigenvalue weighted by Gasteiger charge is -2.18. The Kier molecular flexibility index (Phi) is 5.62. The lowest BCUT2D eigenvalue weighted by Crippen LogP contribution is -2.13. The molecule has 0 saturated heterocycles. The van der Waals surface area contributed by atoms with Gasteiger partial charge in [-0.2, -0.15) is 0 Å². The molecule has 1 fully saturated rings. The van der Waals surface area contributed by atoms with E-state index in [1.165, 1.54) is 31.7 Å². The van der Waals surface area contributed by atoms with Crippen LogP contribution in [0.1, 0.15) is 43.9 Å². The van der Waals surface area contributed by atoms with E-state index in [1.807, 2.05) is 0 Å². The molecule has 0 radical (unpaired) electrons. The van der Waals surface area contributed by atoms with Crippen LogP contribution >= 0.6 is 0 Å². The molecular formula is C22H23FN2O4S. The third-order valence-corrected chi connectivity index (χ3v) is 6.43. The largest absolute Gasteiger partial charge is 0.494 e. The molecule has 1 aliphatic rings. The quantitative estimate of drug-likeness (QED) is 0.624. The summed E-state index contributed by atoms with van der Waals surface area (Å²) in [5.41, 5.74) is 1.16. The van der Waals surface area contributed by atoms with Gasteiger partial charge in [-0.3, -0.25) is 0 Å². The second-order valence-corrected chi connectivity index (χ2v) is 8.99. The third-order valence-electron chi connectivity index (χ3n) is 5.46. The first-order valence-corrected chi connectivity index (χ1v) is 11.4. The van der Waals surface area contributed by atoms with Crippen LogP contribution in [-0.4, -0.2) is 20.5 Å². The minimum Gasteiger partial charge on any atom is -0.494 e.